The van der Waals surface area contributed by atoms with E-state index in [0.29, 0.717) is 5.82 Å². The topological polar surface area (TPSA) is 35.6 Å². The Hall–Kier alpha value is -7.30. The zero-order chi connectivity index (χ0) is 35.6. The van der Waals surface area contributed by atoms with Crippen molar-refractivity contribution in [1.82, 2.24) is 19.1 Å². The van der Waals surface area contributed by atoms with Crippen LogP contribution < -0.4 is 0 Å². The molecule has 0 bridgehead atoms. The van der Waals surface area contributed by atoms with Gasteiger partial charge in [0.2, 0.25) is 0 Å². The Morgan fingerprint density at radius 3 is 1.67 bits per heavy atom. The summed E-state index contributed by atoms with van der Waals surface area (Å²) in [5.41, 5.74) is 11.9. The highest BCUT2D eigenvalue weighted by Crippen LogP contribution is 2.44. The molecule has 8 aromatic carbocycles. The maximum absolute atomic E-state index is 5.23. The van der Waals surface area contributed by atoms with Crippen LogP contribution in [0.1, 0.15) is 0 Å². The average Bonchev–Trinajstić information content (AvgIpc) is 3.77. The highest BCUT2D eigenvalue weighted by Gasteiger charge is 2.22. The van der Waals surface area contributed by atoms with Gasteiger partial charge in [0.1, 0.15) is 0 Å². The largest absolute Gasteiger partial charge is 0.309 e. The molecule has 0 radical (unpaired) electrons. The summed E-state index contributed by atoms with van der Waals surface area (Å²) >= 11 is 0. The molecule has 11 rings (SSSR count). The van der Waals surface area contributed by atoms with E-state index in [0.717, 1.165) is 50.2 Å². The second-order valence-electron chi connectivity index (χ2n) is 13.8. The lowest BCUT2D eigenvalue weighted by atomic mass is 9.98. The molecule has 0 aliphatic heterocycles. The van der Waals surface area contributed by atoms with Crippen LogP contribution in [0.25, 0.3) is 99.7 Å². The maximum Gasteiger partial charge on any atom is 0.160 e. The van der Waals surface area contributed by atoms with Gasteiger partial charge in [-0.2, -0.15) is 0 Å². The number of rotatable bonds is 5. The molecule has 0 atom stereocenters. The van der Waals surface area contributed by atoms with Crippen molar-refractivity contribution in [2.24, 2.45) is 0 Å². The van der Waals surface area contributed by atoms with Crippen molar-refractivity contribution in [3.8, 4) is 45.3 Å². The Kier molecular flexibility index (Phi) is 6.82. The molecule has 252 valence electrons. The quantitative estimate of drug-likeness (QED) is 0.180. The first kappa shape index (κ1) is 30.3. The highest BCUT2D eigenvalue weighted by atomic mass is 15.0. The van der Waals surface area contributed by atoms with Crippen LogP contribution >= 0.6 is 0 Å². The van der Waals surface area contributed by atoms with E-state index in [1.807, 2.05) is 24.3 Å². The smallest absolute Gasteiger partial charge is 0.160 e. The van der Waals surface area contributed by atoms with Crippen LogP contribution in [-0.4, -0.2) is 19.1 Å². The van der Waals surface area contributed by atoms with Gasteiger partial charge in [-0.25, -0.2) is 9.97 Å². The lowest BCUT2D eigenvalue weighted by molar-refractivity contribution is 1.18. The molecular weight excluding hydrogens is 657 g/mol. The molecule has 0 saturated heterocycles. The van der Waals surface area contributed by atoms with Gasteiger partial charge in [0.25, 0.3) is 0 Å². The Morgan fingerprint density at radius 2 is 0.926 bits per heavy atom. The monoisotopic (exact) mass is 688 g/mol. The van der Waals surface area contributed by atoms with Crippen LogP contribution in [0.2, 0.25) is 0 Å². The van der Waals surface area contributed by atoms with Crippen LogP contribution in [0.15, 0.2) is 194 Å². The fraction of sp³-hybridized carbons (Fsp3) is 0. The Bertz CT molecular complexity index is 3140. The molecule has 0 aliphatic rings. The Morgan fingerprint density at radius 1 is 0.352 bits per heavy atom. The molecule has 11 aromatic rings. The molecular formula is C50H32N4. The summed E-state index contributed by atoms with van der Waals surface area (Å²) in [5, 5.41) is 7.23. The van der Waals surface area contributed by atoms with Gasteiger partial charge >= 0.3 is 0 Å². The number of para-hydroxylation sites is 3. The third-order valence-corrected chi connectivity index (χ3v) is 10.7. The molecule has 0 unspecified atom stereocenters. The number of aromatic nitrogens is 4. The molecule has 0 amide bonds. The van der Waals surface area contributed by atoms with Gasteiger partial charge in [0.15, 0.2) is 5.82 Å². The summed E-state index contributed by atoms with van der Waals surface area (Å²) in [5.74, 6) is 0.708. The Balaban J connectivity index is 1.22. The molecule has 0 spiro atoms. The van der Waals surface area contributed by atoms with E-state index in [-0.39, 0.29) is 0 Å². The molecule has 0 aliphatic carbocycles. The van der Waals surface area contributed by atoms with Gasteiger partial charge in [-0.1, -0.05) is 152 Å². The molecule has 4 nitrogen and oxygen atoms in total. The average molecular weight is 689 g/mol. The number of hydrogen-bond donors (Lipinski definition) is 0. The van der Waals surface area contributed by atoms with Crippen molar-refractivity contribution >= 4 is 54.4 Å². The summed E-state index contributed by atoms with van der Waals surface area (Å²) < 4.78 is 4.89. The van der Waals surface area contributed by atoms with E-state index in [1.165, 1.54) is 43.6 Å². The first-order valence-electron chi connectivity index (χ1n) is 18.3. The fourth-order valence-corrected chi connectivity index (χ4v) is 8.37. The van der Waals surface area contributed by atoms with E-state index in [2.05, 4.69) is 179 Å². The van der Waals surface area contributed by atoms with Crippen molar-refractivity contribution in [3.05, 3.63) is 194 Å². The Labute approximate surface area is 311 Å². The molecule has 54 heavy (non-hydrogen) atoms. The van der Waals surface area contributed by atoms with Gasteiger partial charge in [-0.15, -0.1) is 0 Å². The van der Waals surface area contributed by atoms with Gasteiger partial charge < -0.3 is 9.13 Å². The summed E-state index contributed by atoms with van der Waals surface area (Å²) in [6.45, 7) is 0. The molecule has 3 heterocycles. The van der Waals surface area contributed by atoms with Crippen molar-refractivity contribution in [1.29, 1.82) is 0 Å². The minimum atomic E-state index is 0.708. The predicted octanol–water partition coefficient (Wildman–Crippen LogP) is 12.8. The molecule has 0 fully saturated rings. The zero-order valence-corrected chi connectivity index (χ0v) is 29.3. The summed E-state index contributed by atoms with van der Waals surface area (Å²) in [4.78, 5) is 10.3. The van der Waals surface area contributed by atoms with E-state index in [9.17, 15) is 0 Å². The van der Waals surface area contributed by atoms with Crippen LogP contribution in [0.5, 0.6) is 0 Å². The highest BCUT2D eigenvalue weighted by molar-refractivity contribution is 6.26. The van der Waals surface area contributed by atoms with Crippen LogP contribution in [0, 0.1) is 0 Å². The molecule has 0 N–H and O–H groups in total. The van der Waals surface area contributed by atoms with Gasteiger partial charge in [0, 0.05) is 49.3 Å². The zero-order valence-electron chi connectivity index (χ0n) is 29.3. The van der Waals surface area contributed by atoms with Crippen molar-refractivity contribution in [2.45, 2.75) is 0 Å². The van der Waals surface area contributed by atoms with Crippen LogP contribution in [-0.2, 0) is 0 Å². The third-order valence-electron chi connectivity index (χ3n) is 10.7. The lowest BCUT2D eigenvalue weighted by Gasteiger charge is -2.16. The molecule has 3 aromatic heterocycles. The van der Waals surface area contributed by atoms with E-state index >= 15 is 0 Å². The van der Waals surface area contributed by atoms with Crippen molar-refractivity contribution < 1.29 is 0 Å². The fourth-order valence-electron chi connectivity index (χ4n) is 8.37. The number of fused-ring (bicyclic) bond motifs is 8. The molecule has 0 saturated carbocycles. The number of nitrogens with zero attached hydrogens (tertiary/aromatic N) is 4. The number of benzene rings is 8. The lowest BCUT2D eigenvalue weighted by Crippen LogP contribution is -1.99. The first-order chi connectivity index (χ1) is 26.8. The van der Waals surface area contributed by atoms with E-state index < -0.39 is 0 Å². The summed E-state index contributed by atoms with van der Waals surface area (Å²) in [7, 11) is 0. The minimum absolute atomic E-state index is 0.708. The second-order valence-corrected chi connectivity index (χ2v) is 13.8. The van der Waals surface area contributed by atoms with E-state index in [1.54, 1.807) is 0 Å². The van der Waals surface area contributed by atoms with Crippen LogP contribution in [0.3, 0.4) is 0 Å². The van der Waals surface area contributed by atoms with Gasteiger partial charge in [0.05, 0.1) is 39.1 Å². The standard InChI is InChI=1S/C50H32N4/c1-4-16-33(17-5-1)42-32-43(52-50(51-42)34-18-6-2-7-19-34)37-28-30-46(38-23-11-10-22-36(37)38)54-44-26-14-12-24-39(44)40-29-31-47-48(49(40)54)41-25-13-15-27-45(41)53(47)35-20-8-3-9-21-35/h1-32H. The minimum Gasteiger partial charge on any atom is -0.309 e. The number of hydrogen-bond acceptors (Lipinski definition) is 2. The van der Waals surface area contributed by atoms with Gasteiger partial charge in [-0.05, 0) is 47.9 Å². The first-order valence-corrected chi connectivity index (χ1v) is 18.3. The van der Waals surface area contributed by atoms with Gasteiger partial charge in [-0.3, -0.25) is 0 Å². The summed E-state index contributed by atoms with van der Waals surface area (Å²) in [6.07, 6.45) is 0. The van der Waals surface area contributed by atoms with E-state index in [4.69, 9.17) is 9.97 Å². The predicted molar refractivity (Wildman–Crippen MR) is 225 cm³/mol. The van der Waals surface area contributed by atoms with Crippen molar-refractivity contribution in [3.63, 3.8) is 0 Å². The SMILES string of the molecule is c1ccc(-c2cc(-c3ccc(-n4c5ccccc5c5ccc6c(c7ccccc7n6-c6ccccc6)c54)c4ccccc34)nc(-c3ccccc3)n2)cc1. The van der Waals surface area contributed by atoms with Crippen molar-refractivity contribution in [2.75, 3.05) is 0 Å². The maximum atomic E-state index is 5.23. The molecule has 4 heteroatoms. The normalized spacial score (nSPS) is 11.7. The van der Waals surface area contributed by atoms with Crippen LogP contribution in [0.4, 0.5) is 0 Å². The third kappa shape index (κ3) is 4.64. The summed E-state index contributed by atoms with van der Waals surface area (Å²) in [6, 6.07) is 68.9. The second kappa shape index (κ2) is 12.1.